The van der Waals surface area contributed by atoms with Crippen molar-refractivity contribution in [3.63, 3.8) is 0 Å². The van der Waals surface area contributed by atoms with E-state index in [0.717, 1.165) is 34.7 Å². The number of methoxy groups -OCH3 is 1. The molecule has 0 spiro atoms. The molecule has 0 saturated heterocycles. The number of nitrogens with zero attached hydrogens (tertiary/aromatic N) is 2. The monoisotopic (exact) mass is 385 g/mol. The van der Waals surface area contributed by atoms with E-state index in [-0.39, 0.29) is 0 Å². The summed E-state index contributed by atoms with van der Waals surface area (Å²) in [6, 6.07) is 0. The number of aliphatic imine (C=N–C) groups is 1. The average Bonchev–Trinajstić information content (AvgIpc) is 2.62. The molecule has 1 unspecified atom stereocenters. The lowest BCUT2D eigenvalue weighted by atomic mass is 10.1. The van der Waals surface area contributed by atoms with E-state index in [9.17, 15) is 5.11 Å². The zero-order chi connectivity index (χ0) is 20.1. The minimum atomic E-state index is -1.04. The molecule has 26 heavy (non-hydrogen) atoms. The molecular formula is C19H32ClN3O3. The summed E-state index contributed by atoms with van der Waals surface area (Å²) in [5.74, 6) is 0. The van der Waals surface area contributed by atoms with Crippen LogP contribution >= 0.6 is 11.6 Å². The van der Waals surface area contributed by atoms with Gasteiger partial charge in [0, 0.05) is 24.4 Å². The van der Waals surface area contributed by atoms with Crippen LogP contribution in [0.15, 0.2) is 44.4 Å². The molecule has 0 aliphatic carbocycles. The number of rotatable bonds is 11. The SMILES string of the molecule is CCC(Cl)=C(C=C(C)C(C)=NO/C=C(\CC)N=C(C)C)CNC(O)OC. The molecule has 0 aromatic heterocycles. The Kier molecular flexibility index (Phi) is 12.9. The van der Waals surface area contributed by atoms with Gasteiger partial charge in [-0.1, -0.05) is 36.7 Å². The Bertz CT molecular complexity index is 589. The molecule has 6 nitrogen and oxygen atoms in total. The summed E-state index contributed by atoms with van der Waals surface area (Å²) in [4.78, 5) is 9.68. The van der Waals surface area contributed by atoms with Gasteiger partial charge in [0.25, 0.3) is 0 Å². The molecule has 0 aliphatic heterocycles. The van der Waals surface area contributed by atoms with Crippen LogP contribution in [0.2, 0.25) is 0 Å². The normalized spacial score (nSPS) is 15.5. The standard InChI is InChI=1S/C19H32ClN3O3/c1-8-17(22-13(3)4)12-26-23-15(6)14(5)10-16(18(20)9-2)11-21-19(24)25-7/h10,12,19,21,24H,8-9,11H2,1-7H3/b14-10?,17-12+,18-16?,23-15?. The fourth-order valence-corrected chi connectivity index (χ4v) is 1.93. The Morgan fingerprint density at radius 3 is 2.35 bits per heavy atom. The molecule has 0 aliphatic rings. The largest absolute Gasteiger partial charge is 0.363 e. The lowest BCUT2D eigenvalue weighted by Gasteiger charge is -2.13. The number of ether oxygens (including phenoxy) is 1. The Hall–Kier alpha value is -1.47. The number of halogens is 1. The molecule has 0 rings (SSSR count). The van der Waals surface area contributed by atoms with E-state index in [0.29, 0.717) is 18.0 Å². The van der Waals surface area contributed by atoms with E-state index >= 15 is 0 Å². The second-order valence-corrected chi connectivity index (χ2v) is 6.34. The molecule has 0 saturated carbocycles. The third-order valence-corrected chi connectivity index (χ3v) is 3.93. The van der Waals surface area contributed by atoms with Crippen LogP contribution in [0.1, 0.15) is 54.4 Å². The highest BCUT2D eigenvalue weighted by atomic mass is 35.5. The van der Waals surface area contributed by atoms with Crippen molar-refractivity contribution in [2.24, 2.45) is 10.1 Å². The topological polar surface area (TPSA) is 75.4 Å². The van der Waals surface area contributed by atoms with Gasteiger partial charge in [-0.05, 0) is 51.7 Å². The zero-order valence-corrected chi connectivity index (χ0v) is 17.6. The van der Waals surface area contributed by atoms with Crippen molar-refractivity contribution in [1.29, 1.82) is 0 Å². The van der Waals surface area contributed by atoms with Crippen molar-refractivity contribution in [3.8, 4) is 0 Å². The van der Waals surface area contributed by atoms with E-state index in [2.05, 4.69) is 15.5 Å². The summed E-state index contributed by atoms with van der Waals surface area (Å²) in [6.07, 6.45) is 3.88. The van der Waals surface area contributed by atoms with Crippen LogP contribution in [0.25, 0.3) is 0 Å². The first-order valence-electron chi connectivity index (χ1n) is 8.66. The highest BCUT2D eigenvalue weighted by Crippen LogP contribution is 2.16. The summed E-state index contributed by atoms with van der Waals surface area (Å²) < 4.78 is 4.78. The summed E-state index contributed by atoms with van der Waals surface area (Å²) >= 11 is 6.30. The van der Waals surface area contributed by atoms with Crippen LogP contribution in [-0.2, 0) is 9.57 Å². The van der Waals surface area contributed by atoms with Crippen LogP contribution in [0, 0.1) is 0 Å². The van der Waals surface area contributed by atoms with Crippen LogP contribution in [0.4, 0.5) is 0 Å². The van der Waals surface area contributed by atoms with Crippen LogP contribution in [0.3, 0.4) is 0 Å². The molecule has 0 aromatic carbocycles. The number of aliphatic hydroxyl groups excluding tert-OH is 1. The predicted molar refractivity (Wildman–Crippen MR) is 109 cm³/mol. The molecule has 0 aromatic rings. The van der Waals surface area contributed by atoms with Gasteiger partial charge in [-0.15, -0.1) is 0 Å². The van der Waals surface area contributed by atoms with Crippen molar-refractivity contribution >= 4 is 23.0 Å². The summed E-state index contributed by atoms with van der Waals surface area (Å²) in [7, 11) is 1.42. The highest BCUT2D eigenvalue weighted by Gasteiger charge is 2.07. The number of allylic oxidation sites excluding steroid dienone is 3. The summed E-state index contributed by atoms with van der Waals surface area (Å²) in [6.45, 7) is 12.0. The Morgan fingerprint density at radius 2 is 1.85 bits per heavy atom. The van der Waals surface area contributed by atoms with Crippen molar-refractivity contribution in [2.75, 3.05) is 13.7 Å². The van der Waals surface area contributed by atoms with Gasteiger partial charge in [-0.3, -0.25) is 10.3 Å². The molecule has 2 N–H and O–H groups in total. The van der Waals surface area contributed by atoms with Crippen LogP contribution in [0.5, 0.6) is 0 Å². The molecule has 0 heterocycles. The lowest BCUT2D eigenvalue weighted by molar-refractivity contribution is -0.0946. The lowest BCUT2D eigenvalue weighted by Crippen LogP contribution is -2.31. The Balaban J connectivity index is 5.21. The van der Waals surface area contributed by atoms with E-state index in [1.807, 2.05) is 47.6 Å². The number of nitrogens with one attached hydrogen (secondary N) is 1. The first kappa shape index (κ1) is 24.5. The number of hydrogen-bond donors (Lipinski definition) is 2. The van der Waals surface area contributed by atoms with Crippen molar-refractivity contribution < 1.29 is 14.7 Å². The second kappa shape index (κ2) is 13.7. The minimum absolute atomic E-state index is 0.373. The van der Waals surface area contributed by atoms with E-state index in [1.165, 1.54) is 7.11 Å². The van der Waals surface area contributed by atoms with Crippen molar-refractivity contribution in [1.82, 2.24) is 5.32 Å². The molecule has 0 fully saturated rings. The average molecular weight is 386 g/mol. The van der Waals surface area contributed by atoms with Crippen molar-refractivity contribution in [3.05, 3.63) is 34.2 Å². The third-order valence-electron chi connectivity index (χ3n) is 3.42. The van der Waals surface area contributed by atoms with Gasteiger partial charge < -0.3 is 14.7 Å². The minimum Gasteiger partial charge on any atom is -0.363 e. The molecule has 0 bridgehead atoms. The van der Waals surface area contributed by atoms with Gasteiger partial charge in [-0.25, -0.2) is 0 Å². The smallest absolute Gasteiger partial charge is 0.213 e. The van der Waals surface area contributed by atoms with Gasteiger partial charge in [-0.2, -0.15) is 0 Å². The first-order chi connectivity index (χ1) is 12.2. The maximum absolute atomic E-state index is 9.48. The second-order valence-electron chi connectivity index (χ2n) is 5.88. The van der Waals surface area contributed by atoms with Gasteiger partial charge in [0.15, 0.2) is 0 Å². The zero-order valence-electron chi connectivity index (χ0n) is 16.9. The Morgan fingerprint density at radius 1 is 1.19 bits per heavy atom. The molecule has 148 valence electrons. The number of hydrogen-bond acceptors (Lipinski definition) is 6. The molecule has 0 amide bonds. The van der Waals surface area contributed by atoms with Gasteiger partial charge in [0.1, 0.15) is 6.26 Å². The highest BCUT2D eigenvalue weighted by molar-refractivity contribution is 6.30. The quantitative estimate of drug-likeness (QED) is 0.181. The van der Waals surface area contributed by atoms with E-state index < -0.39 is 6.41 Å². The van der Waals surface area contributed by atoms with Crippen LogP contribution < -0.4 is 5.32 Å². The van der Waals surface area contributed by atoms with Gasteiger partial charge in [0.2, 0.25) is 6.41 Å². The Labute approximate surface area is 162 Å². The van der Waals surface area contributed by atoms with E-state index in [4.69, 9.17) is 21.2 Å². The van der Waals surface area contributed by atoms with Gasteiger partial charge >= 0.3 is 0 Å². The predicted octanol–water partition coefficient (Wildman–Crippen LogP) is 4.47. The summed E-state index contributed by atoms with van der Waals surface area (Å²) in [5, 5.41) is 17.1. The number of oxime groups is 1. The first-order valence-corrected chi connectivity index (χ1v) is 9.04. The third kappa shape index (κ3) is 10.5. The van der Waals surface area contributed by atoms with Crippen LogP contribution in [-0.4, -0.2) is 36.6 Å². The molecule has 7 heteroatoms. The molecule has 0 radical (unpaired) electrons. The van der Waals surface area contributed by atoms with Crippen molar-refractivity contribution in [2.45, 2.75) is 60.8 Å². The summed E-state index contributed by atoms with van der Waals surface area (Å²) in [5.41, 5.74) is 4.28. The fourth-order valence-electron chi connectivity index (χ4n) is 1.81. The molecule has 1 atom stereocenters. The molecular weight excluding hydrogens is 354 g/mol. The maximum Gasteiger partial charge on any atom is 0.213 e. The van der Waals surface area contributed by atoms with E-state index in [1.54, 1.807) is 6.26 Å². The maximum atomic E-state index is 9.48. The van der Waals surface area contributed by atoms with Gasteiger partial charge in [0.05, 0.1) is 11.4 Å². The fraction of sp³-hybridized carbons (Fsp3) is 0.579. The number of aliphatic hydroxyl groups is 1.